The number of ether oxygens (including phenoxy) is 1. The smallest absolute Gasteiger partial charge is 0.410 e. The lowest BCUT2D eigenvalue weighted by Gasteiger charge is -2.35. The number of hydrogen-bond acceptors (Lipinski definition) is 6. The molecule has 10 heteroatoms. The summed E-state index contributed by atoms with van der Waals surface area (Å²) in [5.41, 5.74) is 3.73. The van der Waals surface area contributed by atoms with E-state index in [1.807, 2.05) is 40.7 Å². The Hall–Kier alpha value is -1.56. The summed E-state index contributed by atoms with van der Waals surface area (Å²) in [6, 6.07) is 10.6. The fourth-order valence-electron chi connectivity index (χ4n) is 3.69. The average Bonchev–Trinajstić information content (AvgIpc) is 3.20. The largest absolute Gasteiger partial charge is 0.444 e. The summed E-state index contributed by atoms with van der Waals surface area (Å²) < 4.78 is 7.55. The molecule has 1 fully saturated rings. The predicted molar refractivity (Wildman–Crippen MR) is 149 cm³/mol. The number of nitrogens with zero attached hydrogens (tertiary/aromatic N) is 5. The molecule has 0 aliphatic carbocycles. The molecule has 1 aromatic carbocycles. The highest BCUT2D eigenvalue weighted by Gasteiger charge is 2.25. The quantitative estimate of drug-likeness (QED) is 0.241. The maximum atomic E-state index is 12.3. The molecule has 0 saturated carbocycles. The molecule has 1 saturated heterocycles. The molecule has 184 valence electrons. The number of aromatic nitrogens is 3. The van der Waals surface area contributed by atoms with Crippen LogP contribution in [-0.2, 0) is 11.3 Å². The predicted octanol–water partition coefficient (Wildman–Crippen LogP) is 6.68. The van der Waals surface area contributed by atoms with Crippen LogP contribution in [0.4, 0.5) is 4.79 Å². The summed E-state index contributed by atoms with van der Waals surface area (Å²) in [7, 11) is 1.56. The Balaban J connectivity index is 0.00000158. The van der Waals surface area contributed by atoms with Gasteiger partial charge in [0, 0.05) is 63.0 Å². The molecule has 3 aromatic rings. The lowest BCUT2D eigenvalue weighted by atomic mass is 10.1. The van der Waals surface area contributed by atoms with Crippen LogP contribution in [0.25, 0.3) is 22.3 Å². The van der Waals surface area contributed by atoms with E-state index in [2.05, 4.69) is 64.3 Å². The molecular weight excluding hydrogens is 585 g/mol. The van der Waals surface area contributed by atoms with Gasteiger partial charge < -0.3 is 9.64 Å². The Morgan fingerprint density at radius 3 is 2.35 bits per heavy atom. The summed E-state index contributed by atoms with van der Waals surface area (Å²) in [6.07, 6.45) is 1.26. The molecule has 0 N–H and O–H groups in total. The maximum Gasteiger partial charge on any atom is 0.410 e. The minimum atomic E-state index is -0.463. The number of benzene rings is 1. The molecule has 34 heavy (non-hydrogen) atoms. The number of hydrogen-bond donors (Lipinski definition) is 0. The van der Waals surface area contributed by atoms with E-state index in [0.29, 0.717) is 18.2 Å². The topological polar surface area (TPSA) is 63.5 Å². The molecule has 0 spiro atoms. The Morgan fingerprint density at radius 1 is 1.12 bits per heavy atom. The van der Waals surface area contributed by atoms with Gasteiger partial charge in [-0.25, -0.2) is 14.8 Å². The van der Waals surface area contributed by atoms with Gasteiger partial charge >= 0.3 is 6.09 Å². The van der Waals surface area contributed by atoms with E-state index < -0.39 is 5.60 Å². The zero-order valence-corrected chi connectivity index (χ0v) is 23.9. The van der Waals surface area contributed by atoms with Gasteiger partial charge in [-0.1, -0.05) is 49.7 Å². The van der Waals surface area contributed by atoms with Crippen LogP contribution in [0.2, 0.25) is 5.15 Å². The van der Waals surface area contributed by atoms with Crippen LogP contribution < -0.4 is 0 Å². The fourth-order valence-corrected chi connectivity index (χ4v) is 5.51. The average molecular weight is 616 g/mol. The van der Waals surface area contributed by atoms with Crippen molar-refractivity contribution < 1.29 is 9.53 Å². The van der Waals surface area contributed by atoms with Gasteiger partial charge in [0.05, 0.1) is 11.1 Å². The van der Waals surface area contributed by atoms with E-state index in [1.54, 1.807) is 14.0 Å². The number of rotatable bonds is 4. The third-order valence-corrected chi connectivity index (χ3v) is 7.25. The summed E-state index contributed by atoms with van der Waals surface area (Å²) in [6.45, 7) is 13.6. The first-order valence-corrected chi connectivity index (χ1v) is 15.1. The van der Waals surface area contributed by atoms with Crippen molar-refractivity contribution in [3.05, 3.63) is 47.4 Å². The highest BCUT2D eigenvalue weighted by molar-refractivity contribution is 14.2. The van der Waals surface area contributed by atoms with Gasteiger partial charge in [-0.05, 0) is 38.0 Å². The van der Waals surface area contributed by atoms with Crippen LogP contribution in [0.5, 0.6) is 0 Å². The lowest BCUT2D eigenvalue weighted by molar-refractivity contribution is 0.0139. The molecular formula is C24H31ClIN5O2S. The third kappa shape index (κ3) is 6.56. The number of carbonyl (C=O) groups excluding carboxylic acids is 1. The summed E-state index contributed by atoms with van der Waals surface area (Å²) in [5.74, 6) is 0. The monoisotopic (exact) mass is 615 g/mol. The first-order chi connectivity index (χ1) is 16.2. The summed E-state index contributed by atoms with van der Waals surface area (Å²) in [5, 5.41) is 1.31. The van der Waals surface area contributed by atoms with Gasteiger partial charge in [0.1, 0.15) is 17.1 Å². The molecule has 0 atom stereocenters. The lowest BCUT2D eigenvalue weighted by Crippen LogP contribution is -2.49. The SMILES string of the molecule is CC.CC(C)(C)OC(=O)N1CCN(Cc2ccc(-c3cc4c(Cl)ncnc4n3SI)cc2)CC1. The van der Waals surface area contributed by atoms with E-state index >= 15 is 0 Å². The first kappa shape index (κ1) is 27.0. The van der Waals surface area contributed by atoms with Crippen molar-refractivity contribution in [3.8, 4) is 11.3 Å². The van der Waals surface area contributed by atoms with Crippen molar-refractivity contribution in [2.24, 2.45) is 0 Å². The number of carbonyl (C=O) groups is 1. The van der Waals surface area contributed by atoms with E-state index in [4.69, 9.17) is 16.3 Å². The van der Waals surface area contributed by atoms with Gasteiger partial charge in [0.25, 0.3) is 0 Å². The fraction of sp³-hybridized carbons (Fsp3) is 0.458. The van der Waals surface area contributed by atoms with Crippen molar-refractivity contribution in [2.45, 2.75) is 46.8 Å². The molecule has 2 aromatic heterocycles. The molecule has 1 amide bonds. The van der Waals surface area contributed by atoms with Crippen LogP contribution in [-0.4, -0.2) is 61.6 Å². The molecule has 0 bridgehead atoms. The second-order valence-corrected chi connectivity index (χ2v) is 10.8. The van der Waals surface area contributed by atoms with Crippen molar-refractivity contribution in [1.82, 2.24) is 23.7 Å². The standard InChI is InChI=1S/C22H25ClIN5O2S.C2H6/c1-22(2,3)31-21(30)28-10-8-27(9-11-28)13-15-4-6-16(7-5-15)18-12-17-19(23)25-14-26-20(17)29(18)32-24;1-2/h4-7,12,14H,8-11,13H2,1-3H3;1-2H3. The Bertz CT molecular complexity index is 1110. The summed E-state index contributed by atoms with van der Waals surface area (Å²) >= 11 is 8.52. The van der Waals surface area contributed by atoms with Crippen LogP contribution >= 0.6 is 41.9 Å². The van der Waals surface area contributed by atoms with E-state index in [-0.39, 0.29) is 6.09 Å². The molecule has 3 heterocycles. The first-order valence-electron chi connectivity index (χ1n) is 11.4. The van der Waals surface area contributed by atoms with E-state index in [9.17, 15) is 4.79 Å². The minimum absolute atomic E-state index is 0.227. The third-order valence-electron chi connectivity index (χ3n) is 5.26. The second kappa shape index (κ2) is 11.9. The van der Waals surface area contributed by atoms with Crippen LogP contribution in [0.3, 0.4) is 0 Å². The number of halogens is 2. The molecule has 1 aliphatic heterocycles. The zero-order chi connectivity index (χ0) is 24.9. The highest BCUT2D eigenvalue weighted by Crippen LogP contribution is 2.35. The molecule has 4 rings (SSSR count). The Labute approximate surface area is 222 Å². The Kier molecular flexibility index (Phi) is 9.48. The maximum absolute atomic E-state index is 12.3. The van der Waals surface area contributed by atoms with E-state index in [1.165, 1.54) is 11.9 Å². The van der Waals surface area contributed by atoms with Crippen molar-refractivity contribution >= 4 is 59.1 Å². The Morgan fingerprint density at radius 2 is 1.76 bits per heavy atom. The number of amides is 1. The van der Waals surface area contributed by atoms with E-state index in [0.717, 1.165) is 41.9 Å². The molecule has 7 nitrogen and oxygen atoms in total. The minimum Gasteiger partial charge on any atom is -0.444 e. The van der Waals surface area contributed by atoms with Crippen molar-refractivity contribution in [1.29, 1.82) is 0 Å². The van der Waals surface area contributed by atoms with Gasteiger partial charge in [-0.15, -0.1) is 0 Å². The van der Waals surface area contributed by atoms with Crippen LogP contribution in [0.1, 0.15) is 40.2 Å². The van der Waals surface area contributed by atoms with Gasteiger partial charge in [0.15, 0.2) is 5.65 Å². The zero-order valence-electron chi connectivity index (χ0n) is 20.2. The van der Waals surface area contributed by atoms with Crippen molar-refractivity contribution in [3.63, 3.8) is 0 Å². The highest BCUT2D eigenvalue weighted by atomic mass is 127. The van der Waals surface area contributed by atoms with Crippen LogP contribution in [0, 0.1) is 0 Å². The number of fused-ring (bicyclic) bond motifs is 1. The number of piperazine rings is 1. The molecule has 0 unspecified atom stereocenters. The van der Waals surface area contributed by atoms with Gasteiger partial charge in [-0.3, -0.25) is 8.87 Å². The van der Waals surface area contributed by atoms with Gasteiger partial charge in [-0.2, -0.15) is 0 Å². The molecule has 1 aliphatic rings. The van der Waals surface area contributed by atoms with Crippen molar-refractivity contribution in [2.75, 3.05) is 26.2 Å². The van der Waals surface area contributed by atoms with Gasteiger partial charge in [0.2, 0.25) is 0 Å². The summed E-state index contributed by atoms with van der Waals surface area (Å²) in [4.78, 5) is 24.9. The second-order valence-electron chi connectivity index (χ2n) is 8.74. The normalized spacial score (nSPS) is 14.6. The molecule has 0 radical (unpaired) electrons. The van der Waals surface area contributed by atoms with Crippen LogP contribution in [0.15, 0.2) is 36.7 Å².